The van der Waals surface area contributed by atoms with Crippen molar-refractivity contribution in [3.05, 3.63) is 32.9 Å². The van der Waals surface area contributed by atoms with Crippen LogP contribution in [-0.2, 0) is 0 Å². The highest BCUT2D eigenvalue weighted by Gasteiger charge is 1.93. The molecule has 0 unspecified atom stereocenters. The molecular formula is C4H4F2N2O2. The average Bonchev–Trinajstić information content (AvgIpc) is 1.80. The van der Waals surface area contributed by atoms with Crippen LogP contribution >= 0.6 is 0 Å². The van der Waals surface area contributed by atoms with Crippen LogP contribution in [0, 0.1) is 5.82 Å². The summed E-state index contributed by atoms with van der Waals surface area (Å²) in [7, 11) is 0. The van der Waals surface area contributed by atoms with Gasteiger partial charge in [-0.25, -0.2) is 4.79 Å². The molecule has 0 aromatic carbocycles. The summed E-state index contributed by atoms with van der Waals surface area (Å²) < 4.78 is 12.0. The minimum absolute atomic E-state index is 0. The second-order valence-corrected chi connectivity index (χ2v) is 1.42. The Bertz CT molecular complexity index is 316. The lowest BCUT2D eigenvalue weighted by Crippen LogP contribution is -2.23. The van der Waals surface area contributed by atoms with Gasteiger partial charge in [0.15, 0.2) is 0 Å². The van der Waals surface area contributed by atoms with Crippen molar-refractivity contribution in [1.29, 1.82) is 0 Å². The van der Waals surface area contributed by atoms with Crippen molar-refractivity contribution < 1.29 is 9.09 Å². The summed E-state index contributed by atoms with van der Waals surface area (Å²) in [5.74, 6) is -0.991. The Kier molecular flexibility index (Phi) is 2.48. The van der Waals surface area contributed by atoms with Gasteiger partial charge in [-0.2, -0.15) is 4.39 Å². The molecule has 0 amide bonds. The number of aromatic nitrogens is 2. The fourth-order valence-electron chi connectivity index (χ4n) is 0.393. The second-order valence-electron chi connectivity index (χ2n) is 1.42. The van der Waals surface area contributed by atoms with Crippen molar-refractivity contribution in [2.45, 2.75) is 0 Å². The molecule has 0 aliphatic carbocycles. The molecule has 0 fully saturated rings. The maximum atomic E-state index is 12.0. The van der Waals surface area contributed by atoms with E-state index in [0.717, 1.165) is 0 Å². The first kappa shape index (κ1) is 8.54. The summed E-state index contributed by atoms with van der Waals surface area (Å²) in [4.78, 5) is 24.0. The van der Waals surface area contributed by atoms with Crippen molar-refractivity contribution >= 4 is 0 Å². The van der Waals surface area contributed by atoms with Crippen molar-refractivity contribution in [3.63, 3.8) is 0 Å². The maximum Gasteiger partial charge on any atom is 0.325 e. The van der Waals surface area contributed by atoms with E-state index in [-0.39, 0.29) is 4.70 Å². The third-order valence-electron chi connectivity index (χ3n) is 0.774. The van der Waals surface area contributed by atoms with Crippen molar-refractivity contribution in [2.75, 3.05) is 0 Å². The van der Waals surface area contributed by atoms with Gasteiger partial charge < -0.3 is 4.98 Å². The molecule has 2 N–H and O–H groups in total. The van der Waals surface area contributed by atoms with Gasteiger partial charge in [-0.05, 0) is 0 Å². The number of rotatable bonds is 0. The summed E-state index contributed by atoms with van der Waals surface area (Å²) in [6.45, 7) is 0. The van der Waals surface area contributed by atoms with Gasteiger partial charge in [-0.3, -0.25) is 14.5 Å². The normalized spacial score (nSPS) is 8.50. The van der Waals surface area contributed by atoms with Gasteiger partial charge in [0.2, 0.25) is 5.82 Å². The van der Waals surface area contributed by atoms with Crippen LogP contribution in [0.5, 0.6) is 0 Å². The van der Waals surface area contributed by atoms with Crippen LogP contribution in [0.3, 0.4) is 0 Å². The minimum Gasteiger partial charge on any atom is -0.311 e. The first-order valence-electron chi connectivity index (χ1n) is 2.17. The van der Waals surface area contributed by atoms with E-state index in [2.05, 4.69) is 0 Å². The molecule has 0 aliphatic rings. The summed E-state index contributed by atoms with van der Waals surface area (Å²) >= 11 is 0. The maximum absolute atomic E-state index is 12.0. The van der Waals surface area contributed by atoms with Gasteiger partial charge in [-0.15, -0.1) is 0 Å². The molecule has 0 spiro atoms. The first-order valence-corrected chi connectivity index (χ1v) is 2.17. The van der Waals surface area contributed by atoms with Crippen LogP contribution in [0.15, 0.2) is 15.8 Å². The van der Waals surface area contributed by atoms with Crippen LogP contribution in [0.1, 0.15) is 0 Å². The fraction of sp³-hybridized carbons (Fsp3) is 0. The Hall–Kier alpha value is -1.46. The van der Waals surface area contributed by atoms with E-state index in [0.29, 0.717) is 6.20 Å². The average molecular weight is 150 g/mol. The van der Waals surface area contributed by atoms with Crippen molar-refractivity contribution in [1.82, 2.24) is 9.97 Å². The van der Waals surface area contributed by atoms with Gasteiger partial charge in [0.1, 0.15) is 0 Å². The minimum atomic E-state index is -1.00. The van der Waals surface area contributed by atoms with E-state index in [1.54, 1.807) is 4.98 Å². The summed E-state index contributed by atoms with van der Waals surface area (Å²) in [6.07, 6.45) is 0.709. The Morgan fingerprint density at radius 2 is 2.00 bits per heavy atom. The molecule has 56 valence electrons. The predicted octanol–water partition coefficient (Wildman–Crippen LogP) is -0.645. The van der Waals surface area contributed by atoms with Gasteiger partial charge in [-0.1, -0.05) is 0 Å². The number of halogens is 2. The molecule has 0 saturated carbocycles. The lowest BCUT2D eigenvalue weighted by molar-refractivity contribution is 0.597. The van der Waals surface area contributed by atoms with Crippen LogP contribution in [0.4, 0.5) is 9.09 Å². The van der Waals surface area contributed by atoms with Gasteiger partial charge in [0.05, 0.1) is 0 Å². The van der Waals surface area contributed by atoms with E-state index in [1.807, 2.05) is 4.98 Å². The predicted molar refractivity (Wildman–Crippen MR) is 30.1 cm³/mol. The summed E-state index contributed by atoms with van der Waals surface area (Å²) in [6, 6.07) is 0. The lowest BCUT2D eigenvalue weighted by Gasteiger charge is -1.81. The number of hydrogen-bond donors (Lipinski definition) is 2. The number of H-pyrrole nitrogens is 2. The third kappa shape index (κ3) is 1.51. The molecule has 1 aromatic heterocycles. The van der Waals surface area contributed by atoms with Crippen molar-refractivity contribution in [2.24, 2.45) is 0 Å². The summed E-state index contributed by atoms with van der Waals surface area (Å²) in [5, 5.41) is 0. The third-order valence-corrected chi connectivity index (χ3v) is 0.774. The number of nitrogens with one attached hydrogen (secondary N) is 2. The standard InChI is InChI=1S/C4H3FN2O2.FH/c5-2-1-6-4(9)7-3(2)8;/h1H,(H2,6,7,8,9);1H. The first-order chi connectivity index (χ1) is 4.20. The molecule has 0 atom stereocenters. The number of hydrogen-bond acceptors (Lipinski definition) is 2. The molecule has 1 aromatic rings. The SMILES string of the molecule is F.O=c1[nH]cc(F)c(=O)[nH]1. The molecule has 0 saturated heterocycles. The van der Waals surface area contributed by atoms with E-state index < -0.39 is 17.1 Å². The molecule has 10 heavy (non-hydrogen) atoms. The highest BCUT2D eigenvalue weighted by molar-refractivity contribution is 4.83. The highest BCUT2D eigenvalue weighted by atomic mass is 19.1. The quantitative estimate of drug-likeness (QED) is 0.516. The zero-order chi connectivity index (χ0) is 6.85. The molecule has 1 rings (SSSR count). The van der Waals surface area contributed by atoms with Crippen LogP contribution < -0.4 is 11.2 Å². The van der Waals surface area contributed by atoms with Crippen LogP contribution in [0.25, 0.3) is 0 Å². The lowest BCUT2D eigenvalue weighted by atomic mass is 10.6. The molecule has 6 heteroatoms. The zero-order valence-electron chi connectivity index (χ0n) is 4.68. The fourth-order valence-corrected chi connectivity index (χ4v) is 0.393. The number of aromatic amines is 2. The molecular weight excluding hydrogens is 146 g/mol. The highest BCUT2D eigenvalue weighted by Crippen LogP contribution is 1.74. The van der Waals surface area contributed by atoms with E-state index in [1.165, 1.54) is 0 Å². The molecule has 0 aliphatic heterocycles. The molecule has 1 heterocycles. The second kappa shape index (κ2) is 2.90. The van der Waals surface area contributed by atoms with Crippen molar-refractivity contribution in [3.8, 4) is 0 Å². The Balaban J connectivity index is 0.000000810. The van der Waals surface area contributed by atoms with E-state index in [9.17, 15) is 14.0 Å². The zero-order valence-corrected chi connectivity index (χ0v) is 4.68. The van der Waals surface area contributed by atoms with Gasteiger partial charge >= 0.3 is 5.69 Å². The van der Waals surface area contributed by atoms with Gasteiger partial charge in [0, 0.05) is 6.20 Å². The smallest absolute Gasteiger partial charge is 0.311 e. The molecule has 0 radical (unpaired) electrons. The van der Waals surface area contributed by atoms with Gasteiger partial charge in [0.25, 0.3) is 5.56 Å². The topological polar surface area (TPSA) is 65.7 Å². The summed E-state index contributed by atoms with van der Waals surface area (Å²) in [5.41, 5.74) is -1.71. The van der Waals surface area contributed by atoms with E-state index >= 15 is 0 Å². The Morgan fingerprint density at radius 3 is 2.40 bits per heavy atom. The monoisotopic (exact) mass is 150 g/mol. The molecule has 0 bridgehead atoms. The van der Waals surface area contributed by atoms with Crippen LogP contribution in [-0.4, -0.2) is 9.97 Å². The van der Waals surface area contributed by atoms with E-state index in [4.69, 9.17) is 0 Å². The Labute approximate surface area is 53.1 Å². The largest absolute Gasteiger partial charge is 0.325 e. The molecule has 4 nitrogen and oxygen atoms in total. The van der Waals surface area contributed by atoms with Crippen LogP contribution in [0.2, 0.25) is 0 Å². The Morgan fingerprint density at radius 1 is 1.40 bits per heavy atom.